The van der Waals surface area contributed by atoms with Crippen molar-refractivity contribution in [1.29, 1.82) is 0 Å². The fourth-order valence-corrected chi connectivity index (χ4v) is 1.89. The molecule has 0 unspecified atom stereocenters. The van der Waals surface area contributed by atoms with Crippen molar-refractivity contribution in [3.05, 3.63) is 41.4 Å². The van der Waals surface area contributed by atoms with Crippen molar-refractivity contribution in [3.8, 4) is 0 Å². The molecule has 0 atom stereocenters. The molecule has 0 bridgehead atoms. The molecule has 0 radical (unpaired) electrons. The van der Waals surface area contributed by atoms with Gasteiger partial charge in [0.25, 0.3) is 0 Å². The number of aryl methyl sites for hydroxylation is 2. The zero-order chi connectivity index (χ0) is 13.8. The van der Waals surface area contributed by atoms with Crippen molar-refractivity contribution in [1.82, 2.24) is 14.9 Å². The van der Waals surface area contributed by atoms with E-state index in [9.17, 15) is 4.79 Å². The molecule has 0 aliphatic carbocycles. The Balaban J connectivity index is 1.81. The Morgan fingerprint density at radius 1 is 1.58 bits per heavy atom. The van der Waals surface area contributed by atoms with E-state index in [1.807, 2.05) is 17.8 Å². The Morgan fingerprint density at radius 2 is 2.37 bits per heavy atom. The van der Waals surface area contributed by atoms with Gasteiger partial charge in [0.1, 0.15) is 22.9 Å². The maximum atomic E-state index is 10.9. The molecule has 0 saturated heterocycles. The second kappa shape index (κ2) is 5.71. The predicted molar refractivity (Wildman–Crippen MR) is 69.0 cm³/mol. The third-order valence-corrected chi connectivity index (χ3v) is 2.94. The Kier molecular flexibility index (Phi) is 4.01. The van der Waals surface area contributed by atoms with Crippen molar-refractivity contribution in [2.75, 3.05) is 6.54 Å². The summed E-state index contributed by atoms with van der Waals surface area (Å²) in [6.07, 6.45) is 4.49. The number of carbonyl (C=O) groups is 1. The fourth-order valence-electron chi connectivity index (χ4n) is 1.89. The summed E-state index contributed by atoms with van der Waals surface area (Å²) < 4.78 is 7.35. The van der Waals surface area contributed by atoms with Crippen LogP contribution in [0.15, 0.2) is 22.9 Å². The quantitative estimate of drug-likeness (QED) is 0.769. The van der Waals surface area contributed by atoms with Crippen molar-refractivity contribution in [3.63, 3.8) is 0 Å². The number of hydrogen-bond donors (Lipinski definition) is 2. The molecule has 0 spiro atoms. The van der Waals surface area contributed by atoms with Gasteiger partial charge in [0.05, 0.1) is 6.54 Å². The first-order valence-corrected chi connectivity index (χ1v) is 6.07. The van der Waals surface area contributed by atoms with Crippen LogP contribution in [0.25, 0.3) is 0 Å². The molecule has 0 aromatic carbocycles. The lowest BCUT2D eigenvalue weighted by Crippen LogP contribution is -2.17. The highest BCUT2D eigenvalue weighted by Crippen LogP contribution is 2.14. The van der Waals surface area contributed by atoms with Gasteiger partial charge < -0.3 is 19.4 Å². The highest BCUT2D eigenvalue weighted by atomic mass is 16.4. The number of carboxylic acid groups (broad SMARTS) is 1. The van der Waals surface area contributed by atoms with Crippen LogP contribution in [0.5, 0.6) is 0 Å². The largest absolute Gasteiger partial charge is 0.478 e. The Hall–Kier alpha value is -2.08. The van der Waals surface area contributed by atoms with Gasteiger partial charge in [0.15, 0.2) is 0 Å². The van der Waals surface area contributed by atoms with Crippen LogP contribution in [0.3, 0.4) is 0 Å². The average Bonchev–Trinajstić information content (AvgIpc) is 2.91. The van der Waals surface area contributed by atoms with Gasteiger partial charge in [-0.3, -0.25) is 0 Å². The maximum Gasteiger partial charge on any atom is 0.339 e. The van der Waals surface area contributed by atoms with E-state index in [0.717, 1.165) is 18.8 Å². The molecule has 0 amide bonds. The minimum atomic E-state index is -0.958. The van der Waals surface area contributed by atoms with E-state index in [0.29, 0.717) is 18.1 Å². The van der Waals surface area contributed by atoms with Crippen LogP contribution >= 0.6 is 0 Å². The first kappa shape index (κ1) is 13.4. The molecular weight excluding hydrogens is 246 g/mol. The first-order chi connectivity index (χ1) is 9.08. The Morgan fingerprint density at radius 3 is 2.95 bits per heavy atom. The summed E-state index contributed by atoms with van der Waals surface area (Å²) in [5.74, 6) is 1.12. The van der Waals surface area contributed by atoms with Crippen LogP contribution in [0, 0.1) is 6.92 Å². The molecule has 0 aliphatic heterocycles. The van der Waals surface area contributed by atoms with Crippen LogP contribution < -0.4 is 5.32 Å². The summed E-state index contributed by atoms with van der Waals surface area (Å²) in [5.41, 5.74) is 0.223. The van der Waals surface area contributed by atoms with Gasteiger partial charge in [-0.2, -0.15) is 0 Å². The number of nitrogens with one attached hydrogen (secondary N) is 1. The molecule has 2 aromatic rings. The third kappa shape index (κ3) is 3.23. The molecule has 6 heteroatoms. The highest BCUT2D eigenvalue weighted by Gasteiger charge is 2.13. The zero-order valence-corrected chi connectivity index (χ0v) is 11.0. The van der Waals surface area contributed by atoms with Crippen molar-refractivity contribution < 1.29 is 14.3 Å². The molecule has 2 heterocycles. The van der Waals surface area contributed by atoms with Crippen LogP contribution in [0.2, 0.25) is 0 Å². The number of carboxylic acids is 1. The van der Waals surface area contributed by atoms with Gasteiger partial charge in [-0.05, 0) is 13.0 Å². The minimum Gasteiger partial charge on any atom is -0.478 e. The van der Waals surface area contributed by atoms with E-state index in [2.05, 4.69) is 10.3 Å². The van der Waals surface area contributed by atoms with Crippen molar-refractivity contribution in [2.45, 2.75) is 19.9 Å². The molecule has 2 N–H and O–H groups in total. The molecule has 0 fully saturated rings. The highest BCUT2D eigenvalue weighted by molar-refractivity contribution is 5.88. The molecule has 102 valence electrons. The van der Waals surface area contributed by atoms with Gasteiger partial charge in [-0.1, -0.05) is 0 Å². The third-order valence-electron chi connectivity index (χ3n) is 2.94. The van der Waals surface area contributed by atoms with E-state index in [4.69, 9.17) is 9.52 Å². The number of aromatic carboxylic acids is 1. The number of rotatable bonds is 6. The summed E-state index contributed by atoms with van der Waals surface area (Å²) in [6, 6.07) is 1.56. The lowest BCUT2D eigenvalue weighted by atomic mass is 10.2. The summed E-state index contributed by atoms with van der Waals surface area (Å²) in [4.78, 5) is 15.1. The van der Waals surface area contributed by atoms with Crippen LogP contribution in [-0.2, 0) is 20.0 Å². The van der Waals surface area contributed by atoms with E-state index < -0.39 is 5.97 Å². The summed E-state index contributed by atoms with van der Waals surface area (Å²) >= 11 is 0. The zero-order valence-electron chi connectivity index (χ0n) is 11.0. The molecular formula is C13H17N3O3. The molecule has 2 rings (SSSR count). The SMILES string of the molecule is Cc1oc(CNCCc2nccn2C)cc1C(=O)O. The summed E-state index contributed by atoms with van der Waals surface area (Å²) in [6.45, 7) is 2.92. The molecule has 0 aliphatic rings. The number of furan rings is 1. The van der Waals surface area contributed by atoms with Gasteiger partial charge in [-0.15, -0.1) is 0 Å². The lowest BCUT2D eigenvalue weighted by molar-refractivity contribution is 0.0695. The average molecular weight is 263 g/mol. The van der Waals surface area contributed by atoms with Gasteiger partial charge >= 0.3 is 5.97 Å². The van der Waals surface area contributed by atoms with Crippen LogP contribution in [-0.4, -0.2) is 27.2 Å². The minimum absolute atomic E-state index is 0.223. The summed E-state index contributed by atoms with van der Waals surface area (Å²) in [5, 5.41) is 12.1. The van der Waals surface area contributed by atoms with Crippen LogP contribution in [0.4, 0.5) is 0 Å². The summed E-state index contributed by atoms with van der Waals surface area (Å²) in [7, 11) is 1.96. The number of hydrogen-bond acceptors (Lipinski definition) is 4. The van der Waals surface area contributed by atoms with Crippen LogP contribution in [0.1, 0.15) is 27.7 Å². The predicted octanol–water partition coefficient (Wildman–Crippen LogP) is 1.35. The second-order valence-corrected chi connectivity index (χ2v) is 4.37. The van der Waals surface area contributed by atoms with Gasteiger partial charge in [0, 0.05) is 32.4 Å². The fraction of sp³-hybridized carbons (Fsp3) is 0.385. The maximum absolute atomic E-state index is 10.9. The topological polar surface area (TPSA) is 80.3 Å². The molecule has 6 nitrogen and oxygen atoms in total. The van der Waals surface area contributed by atoms with Crippen molar-refractivity contribution in [2.24, 2.45) is 7.05 Å². The molecule has 0 saturated carbocycles. The molecule has 19 heavy (non-hydrogen) atoms. The lowest BCUT2D eigenvalue weighted by Gasteiger charge is -2.03. The van der Waals surface area contributed by atoms with Crippen molar-refractivity contribution >= 4 is 5.97 Å². The smallest absolute Gasteiger partial charge is 0.339 e. The van der Waals surface area contributed by atoms with E-state index in [-0.39, 0.29) is 5.56 Å². The normalized spacial score (nSPS) is 10.8. The number of nitrogens with zero attached hydrogens (tertiary/aromatic N) is 2. The Bertz CT molecular complexity index is 571. The monoisotopic (exact) mass is 263 g/mol. The number of imidazole rings is 1. The standard InChI is InChI=1S/C13H17N3O3/c1-9-11(13(17)18)7-10(19-9)8-14-4-3-12-15-5-6-16(12)2/h5-7,14H,3-4,8H2,1-2H3,(H,17,18). The first-order valence-electron chi connectivity index (χ1n) is 6.07. The van der Waals surface area contributed by atoms with E-state index in [1.54, 1.807) is 19.2 Å². The van der Waals surface area contributed by atoms with Gasteiger partial charge in [0.2, 0.25) is 0 Å². The Labute approximate surface area is 111 Å². The second-order valence-electron chi connectivity index (χ2n) is 4.37. The number of aromatic nitrogens is 2. The van der Waals surface area contributed by atoms with E-state index >= 15 is 0 Å². The van der Waals surface area contributed by atoms with E-state index in [1.165, 1.54) is 0 Å². The molecule has 2 aromatic heterocycles. The van der Waals surface area contributed by atoms with Gasteiger partial charge in [-0.25, -0.2) is 9.78 Å².